The number of likely N-dealkylation sites (tertiary alicyclic amines) is 1. The molecule has 1 aromatic rings. The number of hydrogen-bond acceptors (Lipinski definition) is 2. The second-order valence-electron chi connectivity index (χ2n) is 4.91. The Morgan fingerprint density at radius 3 is 2.69 bits per heavy atom. The van der Waals surface area contributed by atoms with Crippen LogP contribution in [0, 0.1) is 5.92 Å². The number of rotatable bonds is 2. The minimum absolute atomic E-state index is 0.146. The predicted molar refractivity (Wildman–Crippen MR) is 67.5 cm³/mol. The lowest BCUT2D eigenvalue weighted by molar-refractivity contribution is 0.0536. The van der Waals surface area contributed by atoms with Crippen LogP contribution in [0.2, 0.25) is 0 Å². The van der Waals surface area contributed by atoms with Crippen molar-refractivity contribution in [3.05, 3.63) is 35.9 Å². The van der Waals surface area contributed by atoms with Gasteiger partial charge in [0.15, 0.2) is 0 Å². The third kappa shape index (κ3) is 1.71. The molecule has 1 N–H and O–H groups in total. The summed E-state index contributed by atoms with van der Waals surface area (Å²) in [6.07, 6.45) is 0.818. The molecule has 3 rings (SSSR count). The number of aliphatic hydroxyl groups excluding tert-OH is 1. The summed E-state index contributed by atoms with van der Waals surface area (Å²) in [7, 11) is 0. The molecule has 16 heavy (non-hydrogen) atoms. The van der Waals surface area contributed by atoms with Crippen LogP contribution in [0.3, 0.4) is 0 Å². The standard InChI is InChI=1S/C13H16BrNO/c14-12-10-6-11(16)13(12)15(8-10)7-9-4-2-1-3-5-9/h1-5,10-13,16H,6-8H2/t10-,11?,12?,13-/m1/s1. The van der Waals surface area contributed by atoms with Crippen LogP contribution in [0.1, 0.15) is 12.0 Å². The zero-order valence-electron chi connectivity index (χ0n) is 9.09. The van der Waals surface area contributed by atoms with E-state index in [-0.39, 0.29) is 6.10 Å². The van der Waals surface area contributed by atoms with E-state index in [1.54, 1.807) is 0 Å². The average Bonchev–Trinajstić information content (AvgIpc) is 2.71. The maximum absolute atomic E-state index is 9.97. The van der Waals surface area contributed by atoms with Gasteiger partial charge < -0.3 is 5.11 Å². The van der Waals surface area contributed by atoms with E-state index in [9.17, 15) is 5.11 Å². The highest BCUT2D eigenvalue weighted by atomic mass is 79.9. The summed E-state index contributed by atoms with van der Waals surface area (Å²) < 4.78 is 0. The Morgan fingerprint density at radius 1 is 1.31 bits per heavy atom. The Balaban J connectivity index is 1.74. The number of halogens is 1. The second-order valence-corrected chi connectivity index (χ2v) is 5.97. The van der Waals surface area contributed by atoms with Gasteiger partial charge >= 0.3 is 0 Å². The Labute approximate surface area is 104 Å². The van der Waals surface area contributed by atoms with E-state index in [1.165, 1.54) is 5.56 Å². The molecule has 0 amide bonds. The van der Waals surface area contributed by atoms with Gasteiger partial charge in [-0.05, 0) is 17.9 Å². The molecule has 1 heterocycles. The van der Waals surface area contributed by atoms with Gasteiger partial charge in [0, 0.05) is 24.0 Å². The molecule has 0 aromatic heterocycles. The predicted octanol–water partition coefficient (Wildman–Crippen LogP) is 2.02. The molecule has 3 heteroatoms. The Hall–Kier alpha value is -0.380. The molecule has 2 nitrogen and oxygen atoms in total. The van der Waals surface area contributed by atoms with Crippen LogP contribution in [0.5, 0.6) is 0 Å². The first-order valence-corrected chi connectivity index (χ1v) is 6.77. The fourth-order valence-electron chi connectivity index (χ4n) is 3.10. The van der Waals surface area contributed by atoms with Gasteiger partial charge in [0.05, 0.1) is 6.10 Å². The fourth-order valence-corrected chi connectivity index (χ4v) is 4.17. The Morgan fingerprint density at radius 2 is 2.06 bits per heavy atom. The number of piperidine rings is 1. The molecule has 2 bridgehead atoms. The van der Waals surface area contributed by atoms with Crippen molar-refractivity contribution in [3.63, 3.8) is 0 Å². The Kier molecular flexibility index (Phi) is 2.78. The third-order valence-corrected chi connectivity index (χ3v) is 5.12. The first-order chi connectivity index (χ1) is 7.75. The maximum Gasteiger partial charge on any atom is 0.0710 e. The van der Waals surface area contributed by atoms with Crippen molar-refractivity contribution < 1.29 is 5.11 Å². The maximum atomic E-state index is 9.97. The molecule has 2 aliphatic rings. The molecule has 0 radical (unpaired) electrons. The summed E-state index contributed by atoms with van der Waals surface area (Å²) in [4.78, 5) is 2.89. The first-order valence-electron chi connectivity index (χ1n) is 5.86. The molecule has 1 aromatic carbocycles. The topological polar surface area (TPSA) is 23.5 Å². The van der Waals surface area contributed by atoms with E-state index >= 15 is 0 Å². The largest absolute Gasteiger partial charge is 0.391 e. The van der Waals surface area contributed by atoms with Gasteiger partial charge in [-0.15, -0.1) is 0 Å². The normalized spacial score (nSPS) is 38.1. The van der Waals surface area contributed by atoms with Crippen molar-refractivity contribution in [1.82, 2.24) is 4.90 Å². The van der Waals surface area contributed by atoms with Gasteiger partial charge in [-0.2, -0.15) is 0 Å². The quantitative estimate of drug-likeness (QED) is 0.839. The van der Waals surface area contributed by atoms with Gasteiger partial charge in [0.2, 0.25) is 0 Å². The molecule has 1 saturated carbocycles. The summed E-state index contributed by atoms with van der Waals surface area (Å²) in [6, 6.07) is 10.8. The highest BCUT2D eigenvalue weighted by Crippen LogP contribution is 2.42. The van der Waals surface area contributed by atoms with Gasteiger partial charge in [-0.25, -0.2) is 0 Å². The summed E-state index contributed by atoms with van der Waals surface area (Å²) in [5.41, 5.74) is 1.34. The second kappa shape index (κ2) is 4.13. The van der Waals surface area contributed by atoms with E-state index in [2.05, 4.69) is 45.1 Å². The minimum Gasteiger partial charge on any atom is -0.391 e. The van der Waals surface area contributed by atoms with Crippen molar-refractivity contribution in [2.24, 2.45) is 5.92 Å². The van der Waals surface area contributed by atoms with Crippen LogP contribution in [0.25, 0.3) is 0 Å². The number of alkyl halides is 1. The lowest BCUT2D eigenvalue weighted by Gasteiger charge is -2.30. The van der Waals surface area contributed by atoms with E-state index in [4.69, 9.17) is 0 Å². The van der Waals surface area contributed by atoms with E-state index < -0.39 is 0 Å². The van der Waals surface area contributed by atoms with Crippen molar-refractivity contribution >= 4 is 15.9 Å². The highest BCUT2D eigenvalue weighted by Gasteiger charge is 2.50. The van der Waals surface area contributed by atoms with Gasteiger partial charge in [0.25, 0.3) is 0 Å². The summed E-state index contributed by atoms with van der Waals surface area (Å²) in [5, 5.41) is 9.97. The van der Waals surface area contributed by atoms with Crippen LogP contribution in [0.15, 0.2) is 30.3 Å². The number of hydrogen-bond donors (Lipinski definition) is 1. The number of nitrogens with zero attached hydrogens (tertiary/aromatic N) is 1. The van der Waals surface area contributed by atoms with Crippen molar-refractivity contribution in [3.8, 4) is 0 Å². The van der Waals surface area contributed by atoms with Crippen LogP contribution >= 0.6 is 15.9 Å². The molecule has 0 spiro atoms. The molecule has 1 saturated heterocycles. The lowest BCUT2D eigenvalue weighted by atomic mass is 10.1. The lowest BCUT2D eigenvalue weighted by Crippen LogP contribution is -2.41. The average molecular weight is 282 g/mol. The first kappa shape index (κ1) is 10.8. The monoisotopic (exact) mass is 281 g/mol. The van der Waals surface area contributed by atoms with Crippen LogP contribution in [-0.4, -0.2) is 33.5 Å². The zero-order valence-corrected chi connectivity index (χ0v) is 10.7. The molecular weight excluding hydrogens is 266 g/mol. The van der Waals surface area contributed by atoms with Gasteiger partial charge in [-0.3, -0.25) is 4.90 Å². The van der Waals surface area contributed by atoms with Crippen molar-refractivity contribution in [1.29, 1.82) is 0 Å². The summed E-state index contributed by atoms with van der Waals surface area (Å²) in [5.74, 6) is 0.628. The third-order valence-electron chi connectivity index (χ3n) is 3.83. The number of benzene rings is 1. The molecule has 1 aliphatic heterocycles. The van der Waals surface area contributed by atoms with Gasteiger partial charge in [0.1, 0.15) is 0 Å². The SMILES string of the molecule is OC1C[C@@H]2CN(Cc3ccccc3)[C@H]1C2Br. The number of aliphatic hydroxyl groups is 1. The molecule has 86 valence electrons. The molecule has 1 aliphatic carbocycles. The summed E-state index contributed by atoms with van der Waals surface area (Å²) >= 11 is 3.72. The minimum atomic E-state index is -0.146. The molecule has 2 unspecified atom stereocenters. The molecule has 4 atom stereocenters. The van der Waals surface area contributed by atoms with Crippen molar-refractivity contribution in [2.45, 2.75) is 29.9 Å². The van der Waals surface area contributed by atoms with E-state index in [0.29, 0.717) is 16.8 Å². The fraction of sp³-hybridized carbons (Fsp3) is 0.538. The van der Waals surface area contributed by atoms with E-state index in [0.717, 1.165) is 19.5 Å². The molecule has 2 fully saturated rings. The zero-order chi connectivity index (χ0) is 11.1. The van der Waals surface area contributed by atoms with E-state index in [1.807, 2.05) is 6.07 Å². The molecular formula is C13H16BrNO. The number of fused-ring (bicyclic) bond motifs is 2. The summed E-state index contributed by atoms with van der Waals surface area (Å²) in [6.45, 7) is 2.08. The van der Waals surface area contributed by atoms with Crippen LogP contribution in [0.4, 0.5) is 0 Å². The van der Waals surface area contributed by atoms with Crippen molar-refractivity contribution in [2.75, 3.05) is 6.54 Å². The highest BCUT2D eigenvalue weighted by molar-refractivity contribution is 9.09. The van der Waals surface area contributed by atoms with Crippen LogP contribution in [-0.2, 0) is 6.54 Å². The Bertz CT molecular complexity index is 369. The smallest absolute Gasteiger partial charge is 0.0710 e. The van der Waals surface area contributed by atoms with Crippen LogP contribution < -0.4 is 0 Å². The van der Waals surface area contributed by atoms with Gasteiger partial charge in [-0.1, -0.05) is 46.3 Å².